The maximum atomic E-state index is 9.54. The first kappa shape index (κ1) is 9.06. The monoisotopic (exact) mass is 356 g/mol. The first-order valence-electron chi connectivity index (χ1n) is 1.63. The van der Waals surface area contributed by atoms with Crippen LogP contribution in [0.4, 0.5) is 0 Å². The minimum atomic E-state index is -0.822. The van der Waals surface area contributed by atoms with Crippen LogP contribution in [0.2, 0.25) is 0 Å². The second kappa shape index (κ2) is 4.43. The van der Waals surface area contributed by atoms with Crippen LogP contribution in [-0.2, 0) is 4.79 Å². The molecule has 0 fully saturated rings. The zero-order valence-corrected chi connectivity index (χ0v) is 10.7. The summed E-state index contributed by atoms with van der Waals surface area (Å²) in [5.41, 5.74) is 0. The summed E-state index contributed by atoms with van der Waals surface area (Å²) >= 11 is 0. The Morgan fingerprint density at radius 2 is 2.29 bits per heavy atom. The van der Waals surface area contributed by atoms with E-state index in [0.717, 1.165) is 0 Å². The second-order valence-corrected chi connectivity index (χ2v) is 0.924. The van der Waals surface area contributed by atoms with Crippen LogP contribution in [-0.4, -0.2) is 24.7 Å². The summed E-state index contributed by atoms with van der Waals surface area (Å²) in [6.45, 7) is 0.0417. The Hall–Kier alpha value is -1.57. The van der Waals surface area contributed by atoms with Gasteiger partial charge in [-0.15, -0.1) is 0 Å². The molecule has 0 aliphatic heterocycles. The first-order chi connectivity index (χ1) is 2.77. The van der Waals surface area contributed by atoms with Gasteiger partial charge in [0.1, 0.15) is 0 Å². The van der Waals surface area contributed by atoms with Gasteiger partial charge in [-0.05, 0) is 7.05 Å². The van der Waals surface area contributed by atoms with Crippen LogP contribution in [0.1, 0.15) is 0 Å². The standard InChI is InChI=1S/C3H7NO2.Rf/c1-4-2-3(5)6;/h4H,2H2,1H3,(H,5,6);. The predicted octanol–water partition coefficient (Wildman–Crippen LogP) is -0.710. The molecule has 0 aromatic heterocycles. The van der Waals surface area contributed by atoms with Gasteiger partial charge in [0.25, 0.3) is 0 Å². The Morgan fingerprint density at radius 3 is 2.29 bits per heavy atom. The molecule has 0 atom stereocenters. The van der Waals surface area contributed by atoms with Crippen molar-refractivity contribution >= 4 is 5.97 Å². The zero-order valence-electron chi connectivity index (χ0n) is 4.27. The normalized spacial score (nSPS) is 7.00. The van der Waals surface area contributed by atoms with Crippen molar-refractivity contribution in [1.29, 1.82) is 0 Å². The Morgan fingerprint density at radius 1 is 1.86 bits per heavy atom. The van der Waals surface area contributed by atoms with Crippen LogP contribution in [0.15, 0.2) is 0 Å². The third kappa shape index (κ3) is 12.8. The van der Waals surface area contributed by atoms with Gasteiger partial charge in [-0.25, -0.2) is 0 Å². The fourth-order valence-electron chi connectivity index (χ4n) is 0.151. The minimum absolute atomic E-state index is 0. The molecule has 0 unspecified atom stereocenters. The number of carboxylic acids is 1. The number of rotatable bonds is 2. The van der Waals surface area contributed by atoms with E-state index < -0.39 is 5.97 Å². The van der Waals surface area contributed by atoms with E-state index in [1.165, 1.54) is 0 Å². The van der Waals surface area contributed by atoms with Gasteiger partial charge in [0.2, 0.25) is 0 Å². The topological polar surface area (TPSA) is 49.3 Å². The molecular weight excluding hydrogens is 349 g/mol. The molecule has 0 aromatic carbocycles. The van der Waals surface area contributed by atoms with E-state index in [1.807, 2.05) is 0 Å². The quantitative estimate of drug-likeness (QED) is 0.688. The van der Waals surface area contributed by atoms with E-state index in [1.54, 1.807) is 7.05 Å². The van der Waals surface area contributed by atoms with Crippen LogP contribution in [0.3, 0.4) is 0 Å². The Bertz CT molecular complexity index is 56.9. The van der Waals surface area contributed by atoms with Crippen LogP contribution >= 0.6 is 0 Å². The maximum Gasteiger partial charge on any atom is 0.317 e. The molecule has 2 N–H and O–H groups in total. The summed E-state index contributed by atoms with van der Waals surface area (Å²) in [5, 5.41) is 10.3. The smallest absolute Gasteiger partial charge is 0.317 e. The van der Waals surface area contributed by atoms with Crippen LogP contribution in [0, 0.1) is 0 Å². The van der Waals surface area contributed by atoms with Gasteiger partial charge in [-0.3, -0.25) is 4.79 Å². The van der Waals surface area contributed by atoms with Crippen molar-refractivity contribution in [2.45, 2.75) is 0 Å². The van der Waals surface area contributed by atoms with E-state index >= 15 is 0 Å². The van der Waals surface area contributed by atoms with Crippen molar-refractivity contribution in [3.05, 3.63) is 0 Å². The molecule has 0 radical (unpaired) electrons. The van der Waals surface area contributed by atoms with Crippen LogP contribution in [0.25, 0.3) is 0 Å². The van der Waals surface area contributed by atoms with Gasteiger partial charge >= 0.3 is 5.97 Å². The van der Waals surface area contributed by atoms with Crippen molar-refractivity contribution in [1.82, 2.24) is 5.32 Å². The molecule has 3 nitrogen and oxygen atoms in total. The molecule has 0 saturated carbocycles. The summed E-state index contributed by atoms with van der Waals surface area (Å²) in [4.78, 5) is 9.54. The molecule has 4 heteroatoms. The molecule has 0 heterocycles. The van der Waals surface area contributed by atoms with Crippen LogP contribution in [0.5, 0.6) is 0 Å². The van der Waals surface area contributed by atoms with E-state index in [0.29, 0.717) is 0 Å². The van der Waals surface area contributed by atoms with Crippen molar-refractivity contribution in [3.8, 4) is 0 Å². The average molecular weight is 356 g/mol. The van der Waals surface area contributed by atoms with Crippen molar-refractivity contribution in [2.24, 2.45) is 0 Å². The number of carbonyl (C=O) groups is 1. The van der Waals surface area contributed by atoms with E-state index in [9.17, 15) is 4.79 Å². The minimum Gasteiger partial charge on any atom is -0.480 e. The van der Waals surface area contributed by atoms with E-state index in [-0.39, 0.29) is 6.54 Å². The summed E-state index contributed by atoms with van der Waals surface area (Å²) in [7, 11) is 1.59. The van der Waals surface area contributed by atoms with Crippen LogP contribution < -0.4 is 5.32 Å². The van der Waals surface area contributed by atoms with Gasteiger partial charge in [0, 0.05) is 0 Å². The second-order valence-electron chi connectivity index (χ2n) is 0.924. The molecule has 0 amide bonds. The van der Waals surface area contributed by atoms with Gasteiger partial charge in [0.15, 0.2) is 0 Å². The Labute approximate surface area is 36.0 Å². The number of aliphatic carboxylic acids is 1. The van der Waals surface area contributed by atoms with Crippen molar-refractivity contribution in [2.75, 3.05) is 13.6 Å². The summed E-state index contributed by atoms with van der Waals surface area (Å²) in [5.74, 6) is -0.822. The molecule has 0 rings (SSSR count). The van der Waals surface area contributed by atoms with Crippen molar-refractivity contribution in [3.63, 3.8) is 0 Å². The molecule has 0 aromatic rings. The molecule has 0 aliphatic rings. The van der Waals surface area contributed by atoms with Gasteiger partial charge in [-0.1, -0.05) is 0 Å². The summed E-state index contributed by atoms with van der Waals surface area (Å²) in [6, 6.07) is 0. The van der Waals surface area contributed by atoms with Gasteiger partial charge < -0.3 is 10.4 Å². The zero-order chi connectivity index (χ0) is 4.99. The number of hydrogen-bond donors (Lipinski definition) is 2. The Balaban J connectivity index is 0. The third-order valence-corrected chi connectivity index (χ3v) is 0.328. The predicted molar refractivity (Wildman–Crippen MR) is 21.6 cm³/mol. The fraction of sp³-hybridized carbons (Fsp3) is 0.667. The van der Waals surface area contributed by atoms with Gasteiger partial charge in [0.05, 0.1) is 6.54 Å². The summed E-state index contributed by atoms with van der Waals surface area (Å²) in [6.07, 6.45) is 0. The molecule has 7 heavy (non-hydrogen) atoms. The van der Waals surface area contributed by atoms with Gasteiger partial charge in [-0.2, -0.15) is 0 Å². The van der Waals surface area contributed by atoms with Crippen molar-refractivity contribution < 1.29 is 9.90 Å². The summed E-state index contributed by atoms with van der Waals surface area (Å²) < 4.78 is 0. The SMILES string of the molecule is CNCC(=O)O.[Rf]. The molecule has 0 bridgehead atoms. The third-order valence-electron chi connectivity index (χ3n) is 0.328. The molecule has 38 valence electrons. The van der Waals surface area contributed by atoms with E-state index in [2.05, 4.69) is 5.32 Å². The number of hydrogen-bond acceptors (Lipinski definition) is 2. The number of likely N-dealkylation sites (N-methyl/N-ethyl adjacent to an activating group) is 1. The number of nitrogens with one attached hydrogen (secondary N) is 1. The molecule has 0 saturated heterocycles. The molecule has 0 spiro atoms. The van der Waals surface area contributed by atoms with E-state index in [4.69, 9.17) is 5.11 Å². The number of carboxylic acid groups (broad SMARTS) is 1. The maximum absolute atomic E-state index is 9.54. The largest absolute Gasteiger partial charge is 0.480 e. The molecule has 0 aliphatic carbocycles. The first-order valence-corrected chi connectivity index (χ1v) is 1.63. The fourth-order valence-corrected chi connectivity index (χ4v) is 0.151. The average Bonchev–Trinajstić information content (AvgIpc) is 1.35. The Kier molecular flexibility index (Phi) is 5.73. The molecular formula is C3H7NO2Rf.